The van der Waals surface area contributed by atoms with Crippen LogP contribution in [0.5, 0.6) is 0 Å². The molecule has 1 aliphatic heterocycles. The average Bonchev–Trinajstić information content (AvgIpc) is 3.04. The second-order valence-corrected chi connectivity index (χ2v) is 11.0. The lowest BCUT2D eigenvalue weighted by molar-refractivity contribution is -0.165. The van der Waals surface area contributed by atoms with Crippen LogP contribution in [0, 0.1) is 5.92 Å². The van der Waals surface area contributed by atoms with Crippen LogP contribution >= 0.6 is 0 Å². The van der Waals surface area contributed by atoms with Gasteiger partial charge < -0.3 is 19.7 Å². The Morgan fingerprint density at radius 1 is 0.909 bits per heavy atom. The highest BCUT2D eigenvalue weighted by Gasteiger charge is 2.51. The van der Waals surface area contributed by atoms with E-state index in [0.717, 1.165) is 11.1 Å². The van der Waals surface area contributed by atoms with Crippen molar-refractivity contribution in [2.75, 3.05) is 0 Å². The predicted molar refractivity (Wildman–Crippen MR) is 160 cm³/mol. The number of aliphatic hydroxyl groups is 2. The molecule has 4 rings (SSSR count). The van der Waals surface area contributed by atoms with Gasteiger partial charge in [0.05, 0.1) is 42.5 Å². The van der Waals surface area contributed by atoms with Crippen molar-refractivity contribution in [2.45, 2.75) is 94.3 Å². The Kier molecular flexibility index (Phi) is 11.7. The quantitative estimate of drug-likeness (QED) is 0.180. The molecule has 2 N–H and O–H groups in total. The van der Waals surface area contributed by atoms with E-state index in [4.69, 9.17) is 15.0 Å². The molecule has 1 amide bonds. The molecular formula is C29H36N10O5. The third-order valence-electron chi connectivity index (χ3n) is 8.39. The van der Waals surface area contributed by atoms with Gasteiger partial charge in [0.15, 0.2) is 0 Å². The van der Waals surface area contributed by atoms with Gasteiger partial charge >= 0.3 is 6.09 Å². The van der Waals surface area contributed by atoms with Gasteiger partial charge in [0, 0.05) is 33.2 Å². The van der Waals surface area contributed by atoms with Crippen molar-refractivity contribution in [1.82, 2.24) is 4.90 Å². The van der Waals surface area contributed by atoms with Crippen molar-refractivity contribution in [1.29, 1.82) is 0 Å². The summed E-state index contributed by atoms with van der Waals surface area (Å²) in [6, 6.07) is 15.7. The van der Waals surface area contributed by atoms with E-state index in [0.29, 0.717) is 19.3 Å². The third-order valence-corrected chi connectivity index (χ3v) is 8.39. The Morgan fingerprint density at radius 3 is 2.11 bits per heavy atom. The first-order valence-corrected chi connectivity index (χ1v) is 14.6. The number of carbonyl (C=O) groups excluding carboxylic acids is 1. The zero-order chi connectivity index (χ0) is 31.5. The second-order valence-electron chi connectivity index (χ2n) is 11.0. The lowest BCUT2D eigenvalue weighted by Gasteiger charge is -2.49. The first-order chi connectivity index (χ1) is 21.4. The van der Waals surface area contributed by atoms with E-state index in [1.165, 1.54) is 0 Å². The summed E-state index contributed by atoms with van der Waals surface area (Å²) < 4.78 is 12.3. The van der Waals surface area contributed by atoms with E-state index in [-0.39, 0.29) is 19.6 Å². The van der Waals surface area contributed by atoms with Crippen LogP contribution in [0.4, 0.5) is 4.79 Å². The summed E-state index contributed by atoms with van der Waals surface area (Å²) in [5, 5.41) is 33.3. The number of amides is 1. The lowest BCUT2D eigenvalue weighted by atomic mass is 9.72. The van der Waals surface area contributed by atoms with E-state index in [1.54, 1.807) is 4.90 Å². The van der Waals surface area contributed by atoms with E-state index < -0.39 is 60.6 Å². The molecule has 2 aliphatic rings. The van der Waals surface area contributed by atoms with E-state index in [2.05, 4.69) is 30.1 Å². The summed E-state index contributed by atoms with van der Waals surface area (Å²) >= 11 is 0. The van der Waals surface area contributed by atoms with Gasteiger partial charge in [0.2, 0.25) is 0 Å². The van der Waals surface area contributed by atoms with Gasteiger partial charge in [-0.1, -0.05) is 82.9 Å². The molecule has 1 heterocycles. The Labute approximate surface area is 254 Å². The Bertz CT molecular complexity index is 1380. The van der Waals surface area contributed by atoms with Crippen LogP contribution in [-0.4, -0.2) is 69.8 Å². The number of hydrogen-bond acceptors (Lipinski definition) is 8. The van der Waals surface area contributed by atoms with Crippen LogP contribution < -0.4 is 0 Å². The number of azide groups is 3. The predicted octanol–water partition coefficient (Wildman–Crippen LogP) is 5.93. The molecule has 15 nitrogen and oxygen atoms in total. The van der Waals surface area contributed by atoms with Crippen LogP contribution in [0.2, 0.25) is 0 Å². The number of carbonyl (C=O) groups is 1. The second kappa shape index (κ2) is 15.8. The Morgan fingerprint density at radius 2 is 1.50 bits per heavy atom. The van der Waals surface area contributed by atoms with Gasteiger partial charge in [-0.05, 0) is 53.4 Å². The standard InChI is InChI=1S/C29H36N10O5/c1-2-23(39(16-18-9-5-3-6-10-18)29(42)43-17-19-11-7-4-8-12-19)24-14-13-20(33-36-30)28(44-24)25-21(34-37-31)15-22(35-38-32)26(40)27(25)41/h3-12,20-28,40-41H,2,13-17H2,1H3/t20?,21?,22?,23-,24-,25+,26-,27-,28?/m0/s1. The molecule has 2 aromatic rings. The van der Waals surface area contributed by atoms with Crippen molar-refractivity contribution in [3.05, 3.63) is 103 Å². The maximum Gasteiger partial charge on any atom is 0.410 e. The third kappa shape index (κ3) is 7.72. The zero-order valence-corrected chi connectivity index (χ0v) is 24.3. The number of aliphatic hydroxyl groups excluding tert-OH is 2. The van der Waals surface area contributed by atoms with Crippen molar-refractivity contribution >= 4 is 6.09 Å². The van der Waals surface area contributed by atoms with Gasteiger partial charge in [-0.3, -0.25) is 4.90 Å². The maximum atomic E-state index is 13.7. The van der Waals surface area contributed by atoms with Crippen LogP contribution in [0.15, 0.2) is 76.0 Å². The van der Waals surface area contributed by atoms with Crippen molar-refractivity contribution in [3.8, 4) is 0 Å². The Balaban J connectivity index is 1.64. The fourth-order valence-electron chi connectivity index (χ4n) is 6.28. The number of nitrogens with zero attached hydrogens (tertiary/aromatic N) is 10. The van der Waals surface area contributed by atoms with E-state index >= 15 is 0 Å². The van der Waals surface area contributed by atoms with Gasteiger partial charge in [-0.2, -0.15) is 0 Å². The first-order valence-electron chi connectivity index (χ1n) is 14.6. The molecule has 4 unspecified atom stereocenters. The summed E-state index contributed by atoms with van der Waals surface area (Å²) in [5.41, 5.74) is 29.3. The van der Waals surface area contributed by atoms with Gasteiger partial charge in [-0.15, -0.1) is 0 Å². The molecule has 9 atom stereocenters. The molecular weight excluding hydrogens is 568 g/mol. The van der Waals surface area contributed by atoms with Crippen LogP contribution in [-0.2, 0) is 22.6 Å². The van der Waals surface area contributed by atoms with Crippen LogP contribution in [0.25, 0.3) is 31.3 Å². The van der Waals surface area contributed by atoms with Gasteiger partial charge in [0.1, 0.15) is 6.61 Å². The number of hydrogen-bond donors (Lipinski definition) is 2. The van der Waals surface area contributed by atoms with Crippen molar-refractivity contribution in [2.24, 2.45) is 21.3 Å². The first kappa shape index (κ1) is 32.4. The highest BCUT2D eigenvalue weighted by Crippen LogP contribution is 2.40. The minimum atomic E-state index is -1.51. The summed E-state index contributed by atoms with van der Waals surface area (Å²) in [4.78, 5) is 23.9. The van der Waals surface area contributed by atoms with Gasteiger partial charge in [0.25, 0.3) is 0 Å². The monoisotopic (exact) mass is 604 g/mol. The number of ether oxygens (including phenoxy) is 2. The molecule has 1 aliphatic carbocycles. The normalized spacial score (nSPS) is 28.7. The SMILES string of the molecule is CC[C@@H]([C@@H]1CCC(N=[N+]=[N-])C([C@@H]2C(N=[N+]=[N-])CC(N=[N+]=[N-])[C@H](O)[C@H]2O)O1)N(Cc1ccccc1)C(=O)OCc1ccccc1. The van der Waals surface area contributed by atoms with E-state index in [9.17, 15) is 26.1 Å². The molecule has 2 aromatic carbocycles. The topological polar surface area (TPSA) is 226 Å². The molecule has 15 heteroatoms. The van der Waals surface area contributed by atoms with Crippen LogP contribution in [0.1, 0.15) is 43.7 Å². The largest absolute Gasteiger partial charge is 0.445 e. The fraction of sp³-hybridized carbons (Fsp3) is 0.552. The minimum Gasteiger partial charge on any atom is -0.445 e. The average molecular weight is 605 g/mol. The highest BCUT2D eigenvalue weighted by molar-refractivity contribution is 5.68. The summed E-state index contributed by atoms with van der Waals surface area (Å²) in [6.45, 7) is 2.26. The molecule has 2 fully saturated rings. The molecule has 232 valence electrons. The van der Waals surface area contributed by atoms with Gasteiger partial charge in [-0.25, -0.2) is 4.79 Å². The molecule has 44 heavy (non-hydrogen) atoms. The zero-order valence-electron chi connectivity index (χ0n) is 24.3. The summed E-state index contributed by atoms with van der Waals surface area (Å²) in [6.07, 6.45) is -3.80. The molecule has 1 saturated heterocycles. The molecule has 0 bridgehead atoms. The van der Waals surface area contributed by atoms with Crippen molar-refractivity contribution < 1.29 is 24.5 Å². The molecule has 0 spiro atoms. The van der Waals surface area contributed by atoms with E-state index in [1.807, 2.05) is 67.6 Å². The number of benzene rings is 2. The molecule has 0 radical (unpaired) electrons. The smallest absolute Gasteiger partial charge is 0.410 e. The fourth-order valence-corrected chi connectivity index (χ4v) is 6.28. The highest BCUT2D eigenvalue weighted by atomic mass is 16.6. The summed E-state index contributed by atoms with van der Waals surface area (Å²) in [5.74, 6) is -0.977. The molecule has 1 saturated carbocycles. The minimum absolute atomic E-state index is 0.0340. The number of rotatable bonds is 11. The molecule has 0 aromatic heterocycles. The van der Waals surface area contributed by atoms with Crippen molar-refractivity contribution in [3.63, 3.8) is 0 Å². The lowest BCUT2D eigenvalue weighted by Crippen LogP contribution is -2.60. The van der Waals surface area contributed by atoms with Crippen LogP contribution in [0.3, 0.4) is 0 Å². The summed E-state index contributed by atoms with van der Waals surface area (Å²) in [7, 11) is 0. The maximum absolute atomic E-state index is 13.7. The Hall–Kier alpha value is -4.48.